The summed E-state index contributed by atoms with van der Waals surface area (Å²) >= 11 is 0. The smallest absolute Gasteiger partial charge is 0.512 e. The van der Waals surface area contributed by atoms with E-state index in [2.05, 4.69) is 25.8 Å². The first-order valence-electron chi connectivity index (χ1n) is 36.0. The molecule has 29 nitrogen and oxygen atoms in total. The third kappa shape index (κ3) is 28.1. The first kappa shape index (κ1) is 109. The number of nitrogens with one attached hydrogen (secondary N) is 4. The van der Waals surface area contributed by atoms with Crippen molar-refractivity contribution in [3.05, 3.63) is 284 Å². The van der Waals surface area contributed by atoms with Crippen molar-refractivity contribution in [1.82, 2.24) is 20.9 Å². The molecule has 9 N–H and O–H groups in total. The Bertz CT molecular complexity index is 4970. The molecule has 650 valence electrons. The number of rotatable bonds is 24. The van der Waals surface area contributed by atoms with E-state index in [-0.39, 0.29) is 95.9 Å². The maximum atomic E-state index is 12.8. The van der Waals surface area contributed by atoms with E-state index in [0.717, 1.165) is 96.6 Å². The van der Waals surface area contributed by atoms with Crippen LogP contribution in [0.3, 0.4) is 0 Å². The molecule has 2 aliphatic rings. The van der Waals surface area contributed by atoms with E-state index in [1.807, 2.05) is 146 Å². The second-order valence-corrected chi connectivity index (χ2v) is 24.6. The number of halogens is 3. The molecular formula is C90H102Cl3N8NaO21. The fraction of sp³-hybridized carbons (Fsp3) is 0.244. The molecule has 10 aromatic carbocycles. The summed E-state index contributed by atoms with van der Waals surface area (Å²) in [4.78, 5) is 45.1. The number of Topliss-reactive ketones (excluding diaryl/α,β-unsaturated/α-hetero) is 1. The second-order valence-electron chi connectivity index (χ2n) is 24.6. The molecule has 0 spiro atoms. The van der Waals surface area contributed by atoms with Crippen LogP contribution in [-0.2, 0) is 26.2 Å². The van der Waals surface area contributed by atoms with Crippen LogP contribution in [0.5, 0.6) is 92.0 Å². The summed E-state index contributed by atoms with van der Waals surface area (Å²) in [5, 5.41) is 36.7. The number of pyridine rings is 1. The molecule has 3 atom stereocenters. The predicted octanol–water partition coefficient (Wildman–Crippen LogP) is 13.0. The molecule has 3 unspecified atom stereocenters. The van der Waals surface area contributed by atoms with Gasteiger partial charge in [0.15, 0.2) is 63.3 Å². The average Bonchev–Trinajstić information content (AvgIpc) is 0.781. The van der Waals surface area contributed by atoms with Gasteiger partial charge in [-0.05, 0) is 157 Å². The number of hydrogen-bond acceptors (Lipinski definition) is 27. The van der Waals surface area contributed by atoms with E-state index in [4.69, 9.17) is 111 Å². The standard InChI is InChI=1S/2C18H20N2O3.C18H19NO4.C18H17NO4.C9H13NO2.C8H8O2.CN.3ClH.Na.O2.H2O/c1-21-12-6-4-11(5-7-12)17-16(19)13-8-9-15(22-2)18(23-3)14(13)10-20-17;1-19-18(13-8-10-15(21-2)11-9-13)20-12-14-6-5-7-16(22-3)17(14)23-4;2*1-21-12-6-4-11(5-7-12)16-17(20)13-8-9-15(22-2)18(23-3)14(13)10-19-16;1-11-8-5-3-4-7(6-10)9(8)12-2;1-10-8-4-2-7(6-9)3-5-8;1-2;;;;;1-2;/h4-9,17,19-20H,10H2,1-3H3;5-11,18,20H,12H2,2-4H3;4-9,16,19H,10H2,1-3H3;4-10,20H,1-3H3;3-5H,6,10H2,1-2H3;2-6H,1H3;;3*1H;;;1H2/q;;;;;;-1;;;;+1;;. The quantitative estimate of drug-likeness (QED) is 0.0186. The monoisotopic (exact) mass is 1760 g/mol. The summed E-state index contributed by atoms with van der Waals surface area (Å²) in [6.45, 7) is 14.3. The summed E-state index contributed by atoms with van der Waals surface area (Å²) in [6.07, 6.45) is 2.05. The van der Waals surface area contributed by atoms with Crippen molar-refractivity contribution < 1.29 is 121 Å². The molecule has 0 aliphatic carbocycles. The van der Waals surface area contributed by atoms with Gasteiger partial charge in [-0.15, -0.1) is 37.2 Å². The van der Waals surface area contributed by atoms with Gasteiger partial charge in [-0.2, -0.15) is 0 Å². The zero-order valence-corrected chi connectivity index (χ0v) is 75.5. The molecule has 0 radical (unpaired) electrons. The van der Waals surface area contributed by atoms with E-state index in [9.17, 15) is 14.7 Å². The van der Waals surface area contributed by atoms with Gasteiger partial charge in [0, 0.05) is 97.6 Å². The van der Waals surface area contributed by atoms with Crippen LogP contribution >= 0.6 is 37.2 Å². The molecule has 123 heavy (non-hydrogen) atoms. The van der Waals surface area contributed by atoms with E-state index in [1.54, 1.807) is 161 Å². The van der Waals surface area contributed by atoms with Gasteiger partial charge in [-0.1, -0.05) is 48.5 Å². The number of nitrogens with zero attached hydrogens (tertiary/aromatic N) is 3. The second kappa shape index (κ2) is 57.0. The minimum absolute atomic E-state index is 0. The first-order chi connectivity index (χ1) is 57.5. The molecule has 1 aromatic heterocycles. The molecule has 0 amide bonds. The molecular weight excluding hydrogens is 1660 g/mol. The van der Waals surface area contributed by atoms with E-state index < -0.39 is 6.17 Å². The average molecular weight is 1760 g/mol. The van der Waals surface area contributed by atoms with Crippen LogP contribution in [0.1, 0.15) is 83.5 Å². The molecule has 0 saturated carbocycles. The first-order valence-corrected chi connectivity index (χ1v) is 36.0. The zero-order valence-electron chi connectivity index (χ0n) is 71.0. The van der Waals surface area contributed by atoms with Crippen molar-refractivity contribution >= 4 is 65.8 Å². The fourth-order valence-electron chi connectivity index (χ4n) is 12.6. The Morgan fingerprint density at radius 1 is 0.488 bits per heavy atom. The number of carbonyl (C=O) groups excluding carboxylic acids is 2. The molecule has 11 aromatic rings. The van der Waals surface area contributed by atoms with Gasteiger partial charge in [0.1, 0.15) is 46.5 Å². The Hall–Kier alpha value is -12.3. The molecule has 3 heterocycles. The van der Waals surface area contributed by atoms with Crippen molar-refractivity contribution in [3.63, 3.8) is 0 Å². The number of fused-ring (bicyclic) bond motifs is 3. The normalized spacial score (nSPS) is 12.0. The third-order valence-corrected chi connectivity index (χ3v) is 18.5. The number of aldehydes is 1. The fourth-order valence-corrected chi connectivity index (χ4v) is 12.6. The zero-order chi connectivity index (χ0) is 86.2. The number of aromatic nitrogens is 1. The van der Waals surface area contributed by atoms with Crippen LogP contribution in [0, 0.1) is 33.7 Å². The number of carbonyl (C=O) groups is 2. The van der Waals surface area contributed by atoms with Gasteiger partial charge >= 0.3 is 35.7 Å². The minimum atomic E-state index is -0.434. The summed E-state index contributed by atoms with van der Waals surface area (Å²) in [5.41, 5.74) is 16.1. The number of hydrogen-bond donors (Lipinski definition) is 6. The maximum absolute atomic E-state index is 12.8. The van der Waals surface area contributed by atoms with Crippen LogP contribution in [-0.4, -0.2) is 140 Å². The topological polar surface area (TPSA) is 385 Å². The number of para-hydroxylation sites is 2. The molecule has 2 aliphatic heterocycles. The van der Waals surface area contributed by atoms with Gasteiger partial charge in [-0.25, -0.2) is 11.9 Å². The maximum Gasteiger partial charge on any atom is 1.00 e. The summed E-state index contributed by atoms with van der Waals surface area (Å²) in [6, 6.07) is 58.8. The SMILES string of the molecule is COc1ccc(-c2ncc3c(OC)c(OC)ccc3c2O)cc1.COc1ccc(C2NCc3c(ccc(OC)c3OC)C2=N)cc1.COc1ccc(C2NCc3c(ccc(OC)c3OC)C2=O)cc1.COc1ccc(C=O)cc1.COc1cccc(CN)c1OC.Cl.Cl.Cl.O.O=O.[C-]#N.[C-]#[N+]C(NCc1cccc(OC)c1OC)c1ccc(OC)cc1.[Na+]. The largest absolute Gasteiger partial charge is 1.00 e. The molecule has 33 heteroatoms. The molecule has 0 bridgehead atoms. The minimum Gasteiger partial charge on any atom is -0.512 e. The number of ketones is 1. The van der Waals surface area contributed by atoms with Crippen molar-refractivity contribution in [2.75, 3.05) is 107 Å². The van der Waals surface area contributed by atoms with Gasteiger partial charge in [0.25, 0.3) is 0 Å². The van der Waals surface area contributed by atoms with Gasteiger partial charge in [0.2, 0.25) is 0 Å². The summed E-state index contributed by atoms with van der Waals surface area (Å²) in [5.74, 6) is 10.6. The Balaban J connectivity index is 0.000000740. The van der Waals surface area contributed by atoms with Crippen molar-refractivity contribution in [2.24, 2.45) is 5.73 Å². The van der Waals surface area contributed by atoms with E-state index in [1.165, 1.54) is 0 Å². The van der Waals surface area contributed by atoms with Crippen LogP contribution in [0.2, 0.25) is 0 Å². The van der Waals surface area contributed by atoms with Crippen molar-refractivity contribution in [1.29, 1.82) is 10.7 Å². The number of benzene rings is 10. The van der Waals surface area contributed by atoms with Crippen molar-refractivity contribution in [3.8, 4) is 103 Å². The number of methoxy groups -OCH3 is 15. The Labute approximate surface area is 757 Å². The van der Waals surface area contributed by atoms with E-state index >= 15 is 0 Å². The van der Waals surface area contributed by atoms with Gasteiger partial charge in [-0.3, -0.25) is 24.7 Å². The Kier molecular flexibility index (Phi) is 50.4. The van der Waals surface area contributed by atoms with Crippen LogP contribution in [0.25, 0.3) is 26.9 Å². The van der Waals surface area contributed by atoms with Crippen molar-refractivity contribution in [2.45, 2.75) is 44.4 Å². The van der Waals surface area contributed by atoms with Crippen LogP contribution in [0.4, 0.5) is 0 Å². The predicted molar refractivity (Wildman–Crippen MR) is 476 cm³/mol. The van der Waals surface area contributed by atoms with Gasteiger partial charge in [0.05, 0.1) is 130 Å². The Morgan fingerprint density at radius 2 is 0.862 bits per heavy atom. The summed E-state index contributed by atoms with van der Waals surface area (Å²) in [7, 11) is 24.1. The number of ether oxygens (including phenoxy) is 15. The molecule has 13 rings (SSSR count). The van der Waals surface area contributed by atoms with E-state index in [0.29, 0.717) is 105 Å². The van der Waals surface area contributed by atoms with Crippen LogP contribution in [0.15, 0.2) is 200 Å². The summed E-state index contributed by atoms with van der Waals surface area (Å²) < 4.78 is 78.7. The third-order valence-electron chi connectivity index (χ3n) is 18.5. The van der Waals surface area contributed by atoms with Crippen LogP contribution < -0.4 is 122 Å². The molecule has 0 fully saturated rings. The van der Waals surface area contributed by atoms with Gasteiger partial charge < -0.3 is 110 Å². The Morgan fingerprint density at radius 3 is 1.28 bits per heavy atom. The molecule has 0 saturated heterocycles. The number of nitrogens with two attached hydrogens (primary N) is 1. The number of aromatic hydroxyl groups is 1.